The van der Waals surface area contributed by atoms with Crippen LogP contribution in [0.2, 0.25) is 5.02 Å². The zero-order chi connectivity index (χ0) is 19.0. The Morgan fingerprint density at radius 2 is 2.07 bits per heavy atom. The molecule has 2 aromatic rings. The third kappa shape index (κ3) is 3.56. The van der Waals surface area contributed by atoms with Gasteiger partial charge >= 0.3 is 0 Å². The maximum Gasteiger partial charge on any atom is 0.253 e. The Hall–Kier alpha value is -2.40. The van der Waals surface area contributed by atoms with E-state index in [1.807, 2.05) is 41.0 Å². The van der Waals surface area contributed by atoms with E-state index in [9.17, 15) is 9.59 Å². The number of fused-ring (bicyclic) bond motifs is 4. The number of hydrogen-bond acceptors (Lipinski definition) is 3. The topological polar surface area (TPSA) is 53.5 Å². The van der Waals surface area contributed by atoms with Gasteiger partial charge in [0.25, 0.3) is 5.91 Å². The van der Waals surface area contributed by atoms with Gasteiger partial charge in [-0.05, 0) is 55.7 Å². The number of benzene rings is 1. The van der Waals surface area contributed by atoms with Crippen LogP contribution in [-0.4, -0.2) is 45.7 Å². The Labute approximate surface area is 163 Å². The number of carbonyl (C=O) groups is 2. The van der Waals surface area contributed by atoms with Crippen LogP contribution in [0.4, 0.5) is 0 Å². The molecule has 0 unspecified atom stereocenters. The van der Waals surface area contributed by atoms with Crippen LogP contribution in [-0.2, 0) is 11.3 Å². The van der Waals surface area contributed by atoms with Crippen LogP contribution >= 0.6 is 11.6 Å². The normalized spacial score (nSPS) is 22.1. The molecule has 5 rings (SSSR count). The summed E-state index contributed by atoms with van der Waals surface area (Å²) in [5.74, 6) is -0.0246. The monoisotopic (exact) mass is 383 g/mol. The van der Waals surface area contributed by atoms with Gasteiger partial charge < -0.3 is 9.80 Å². The minimum absolute atomic E-state index is 0.0286. The molecule has 0 saturated carbocycles. The lowest BCUT2D eigenvalue weighted by Gasteiger charge is -2.35. The largest absolute Gasteiger partial charge is 0.336 e. The van der Waals surface area contributed by atoms with Gasteiger partial charge in [-0.1, -0.05) is 17.7 Å². The number of pyridine rings is 1. The van der Waals surface area contributed by atoms with Crippen molar-refractivity contribution >= 4 is 23.4 Å². The molecular formula is C21H22ClN3O2. The van der Waals surface area contributed by atoms with Crippen LogP contribution < -0.4 is 0 Å². The SMILES string of the molecule is Cc1cc(C(=O)N2C[C@@H]3CC[C@H](C2)N(Cc2ccccn2)C3=O)ccc1Cl. The zero-order valence-corrected chi connectivity index (χ0v) is 16.0. The van der Waals surface area contributed by atoms with Crippen molar-refractivity contribution in [3.05, 3.63) is 64.4 Å². The summed E-state index contributed by atoms with van der Waals surface area (Å²) in [6, 6.07) is 11.1. The molecule has 1 aromatic carbocycles. The first-order valence-electron chi connectivity index (χ1n) is 9.29. The molecule has 27 heavy (non-hydrogen) atoms. The number of nitrogens with zero attached hydrogens (tertiary/aromatic N) is 3. The number of aromatic nitrogens is 1. The van der Waals surface area contributed by atoms with E-state index in [1.54, 1.807) is 18.3 Å². The second kappa shape index (κ2) is 7.31. The number of rotatable bonds is 3. The first-order chi connectivity index (χ1) is 13.0. The van der Waals surface area contributed by atoms with Gasteiger partial charge in [-0.2, -0.15) is 0 Å². The highest BCUT2D eigenvalue weighted by Gasteiger charge is 2.42. The Bertz CT molecular complexity index is 871. The average Bonchev–Trinajstić information content (AvgIpc) is 2.97. The fourth-order valence-electron chi connectivity index (χ4n) is 4.04. The van der Waals surface area contributed by atoms with Crippen LogP contribution in [0.5, 0.6) is 0 Å². The third-order valence-corrected chi connectivity index (χ3v) is 5.97. The van der Waals surface area contributed by atoms with E-state index in [2.05, 4.69) is 4.98 Å². The number of hydrogen-bond donors (Lipinski definition) is 0. The van der Waals surface area contributed by atoms with Gasteiger partial charge in [-0.3, -0.25) is 14.6 Å². The molecule has 5 nitrogen and oxygen atoms in total. The van der Waals surface area contributed by atoms with E-state index >= 15 is 0 Å². The first-order valence-corrected chi connectivity index (χ1v) is 9.66. The fraction of sp³-hybridized carbons (Fsp3) is 0.381. The lowest BCUT2D eigenvalue weighted by atomic mass is 9.94. The van der Waals surface area contributed by atoms with Crippen molar-refractivity contribution in [1.29, 1.82) is 0 Å². The molecule has 140 valence electrons. The first kappa shape index (κ1) is 18.0. The highest BCUT2D eigenvalue weighted by Crippen LogP contribution is 2.31. The van der Waals surface area contributed by atoms with Crippen molar-refractivity contribution in [1.82, 2.24) is 14.8 Å². The predicted octanol–water partition coefficient (Wildman–Crippen LogP) is 3.31. The molecule has 3 fully saturated rings. The van der Waals surface area contributed by atoms with Crippen molar-refractivity contribution < 1.29 is 9.59 Å². The number of piperidine rings is 1. The highest BCUT2D eigenvalue weighted by atomic mass is 35.5. The Morgan fingerprint density at radius 3 is 2.81 bits per heavy atom. The van der Waals surface area contributed by atoms with Crippen LogP contribution in [0.3, 0.4) is 0 Å². The molecule has 3 aliphatic rings. The zero-order valence-electron chi connectivity index (χ0n) is 15.3. The van der Waals surface area contributed by atoms with Gasteiger partial charge in [0.05, 0.1) is 18.2 Å². The van der Waals surface area contributed by atoms with Gasteiger partial charge in [0.2, 0.25) is 5.91 Å². The van der Waals surface area contributed by atoms with Crippen LogP contribution in [0, 0.1) is 12.8 Å². The molecule has 3 aliphatic heterocycles. The van der Waals surface area contributed by atoms with Gasteiger partial charge in [-0.15, -0.1) is 0 Å². The third-order valence-electron chi connectivity index (χ3n) is 5.54. The fourth-order valence-corrected chi connectivity index (χ4v) is 4.16. The summed E-state index contributed by atoms with van der Waals surface area (Å²) < 4.78 is 0. The second-order valence-corrected chi connectivity index (χ2v) is 7.80. The minimum atomic E-state index is -0.134. The van der Waals surface area contributed by atoms with E-state index in [0.717, 1.165) is 24.1 Å². The summed E-state index contributed by atoms with van der Waals surface area (Å²) in [5, 5.41) is 0.652. The van der Waals surface area contributed by atoms with Gasteiger partial charge in [0, 0.05) is 35.9 Å². The molecule has 0 N–H and O–H groups in total. The molecule has 6 heteroatoms. The van der Waals surface area contributed by atoms with Gasteiger partial charge in [0.15, 0.2) is 0 Å². The molecule has 0 aliphatic carbocycles. The van der Waals surface area contributed by atoms with Gasteiger partial charge in [-0.25, -0.2) is 0 Å². The quantitative estimate of drug-likeness (QED) is 0.817. The molecule has 2 atom stereocenters. The standard InChI is InChI=1S/C21H22ClN3O2/c1-14-10-15(6-8-19(14)22)20(26)24-11-16-5-7-18(13-24)25(21(16)27)12-17-4-2-3-9-23-17/h2-4,6,8-10,16,18H,5,7,11-13H2,1H3/t16-,18+/m0/s1. The smallest absolute Gasteiger partial charge is 0.253 e. The molecule has 0 radical (unpaired) electrons. The average molecular weight is 384 g/mol. The molecular weight excluding hydrogens is 362 g/mol. The number of aryl methyl sites for hydroxylation is 1. The summed E-state index contributed by atoms with van der Waals surface area (Å²) in [6.45, 7) is 3.44. The Morgan fingerprint density at radius 1 is 1.22 bits per heavy atom. The lowest BCUT2D eigenvalue weighted by Crippen LogP contribution is -2.47. The van der Waals surface area contributed by atoms with Crippen molar-refractivity contribution in [2.24, 2.45) is 5.92 Å². The highest BCUT2D eigenvalue weighted by molar-refractivity contribution is 6.31. The summed E-state index contributed by atoms with van der Waals surface area (Å²) in [7, 11) is 0. The number of halogens is 1. The molecule has 1 aromatic heterocycles. The number of carbonyl (C=O) groups excluding carboxylic acids is 2. The van der Waals surface area contributed by atoms with E-state index < -0.39 is 0 Å². The Kier molecular flexibility index (Phi) is 4.87. The number of amides is 2. The summed E-state index contributed by atoms with van der Waals surface area (Å²) in [4.78, 5) is 34.1. The predicted molar refractivity (Wildman–Crippen MR) is 103 cm³/mol. The summed E-state index contributed by atoms with van der Waals surface area (Å²) >= 11 is 6.09. The molecule has 3 saturated heterocycles. The van der Waals surface area contributed by atoms with E-state index in [4.69, 9.17) is 11.6 Å². The second-order valence-electron chi connectivity index (χ2n) is 7.39. The van der Waals surface area contributed by atoms with E-state index in [0.29, 0.717) is 30.2 Å². The van der Waals surface area contributed by atoms with Crippen molar-refractivity contribution in [2.45, 2.75) is 32.4 Å². The molecule has 2 amide bonds. The molecule has 4 heterocycles. The van der Waals surface area contributed by atoms with E-state index in [1.165, 1.54) is 0 Å². The van der Waals surface area contributed by atoms with Crippen molar-refractivity contribution in [3.63, 3.8) is 0 Å². The molecule has 0 spiro atoms. The maximum atomic E-state index is 13.0. The van der Waals surface area contributed by atoms with E-state index in [-0.39, 0.29) is 23.8 Å². The van der Waals surface area contributed by atoms with Crippen LogP contribution in [0.25, 0.3) is 0 Å². The molecule has 2 bridgehead atoms. The van der Waals surface area contributed by atoms with Crippen molar-refractivity contribution in [3.8, 4) is 0 Å². The summed E-state index contributed by atoms with van der Waals surface area (Å²) in [6.07, 6.45) is 3.51. The summed E-state index contributed by atoms with van der Waals surface area (Å²) in [5.41, 5.74) is 2.39. The van der Waals surface area contributed by atoms with Gasteiger partial charge in [0.1, 0.15) is 0 Å². The maximum absolute atomic E-state index is 13.0. The van der Waals surface area contributed by atoms with Crippen LogP contribution in [0.15, 0.2) is 42.6 Å². The lowest BCUT2D eigenvalue weighted by molar-refractivity contribution is -0.140. The minimum Gasteiger partial charge on any atom is -0.336 e. The van der Waals surface area contributed by atoms with Crippen molar-refractivity contribution in [2.75, 3.05) is 13.1 Å². The Balaban J connectivity index is 1.56. The van der Waals surface area contributed by atoms with Crippen LogP contribution in [0.1, 0.15) is 34.5 Å².